The zero-order valence-corrected chi connectivity index (χ0v) is 14.3. The van der Waals surface area contributed by atoms with E-state index in [2.05, 4.69) is 39.7 Å². The van der Waals surface area contributed by atoms with E-state index >= 15 is 0 Å². The number of fused-ring (bicyclic) bond motifs is 1. The average Bonchev–Trinajstić information content (AvgIpc) is 2.95. The number of Topliss-reactive ketones (excluding diaryl/α,β-unsaturated/α-hetero) is 1. The van der Waals surface area contributed by atoms with Crippen LogP contribution in [0.25, 0.3) is 0 Å². The second-order valence-corrected chi connectivity index (χ2v) is 7.67. The first kappa shape index (κ1) is 15.0. The molecule has 0 amide bonds. The van der Waals surface area contributed by atoms with E-state index in [9.17, 15) is 4.79 Å². The van der Waals surface area contributed by atoms with Gasteiger partial charge < -0.3 is 0 Å². The summed E-state index contributed by atoms with van der Waals surface area (Å²) in [6, 6.07) is 10.5. The van der Waals surface area contributed by atoms with Crippen molar-refractivity contribution in [1.82, 2.24) is 14.8 Å². The maximum atomic E-state index is 12.0. The Bertz CT molecular complexity index is 708. The van der Waals surface area contributed by atoms with Gasteiger partial charge in [-0.15, -0.1) is 0 Å². The molecule has 1 N–H and O–H groups in total. The Kier molecular flexibility index (Phi) is 4.41. The van der Waals surface area contributed by atoms with Gasteiger partial charge in [-0.2, -0.15) is 0 Å². The number of aromatic nitrogens is 3. The third-order valence-corrected chi connectivity index (χ3v) is 5.88. The van der Waals surface area contributed by atoms with E-state index in [4.69, 9.17) is 0 Å². The summed E-state index contributed by atoms with van der Waals surface area (Å²) >= 11 is 0.405. The van der Waals surface area contributed by atoms with Crippen LogP contribution in [-0.4, -0.2) is 35.5 Å². The molecule has 0 fully saturated rings. The van der Waals surface area contributed by atoms with Gasteiger partial charge in [0.25, 0.3) is 0 Å². The molecule has 0 saturated heterocycles. The van der Waals surface area contributed by atoms with Crippen LogP contribution >= 0.6 is 0 Å². The minimum absolute atomic E-state index is 0.0122. The van der Waals surface area contributed by atoms with E-state index in [-0.39, 0.29) is 11.8 Å². The maximum absolute atomic E-state index is 12.0. The van der Waals surface area contributed by atoms with Crippen molar-refractivity contribution < 1.29 is 4.79 Å². The standard InChI is InChI=1S/C16H18N4OSe/c1-11-15(12(2)21)14(20-16(19-11)17-10-18-20)8-9-22-13-6-4-3-5-7-13/h3-7,10,14H,8-9H2,1-2H3,(H,17,18,19). The Labute approximate surface area is 136 Å². The Balaban J connectivity index is 1.77. The Morgan fingerprint density at radius 1 is 1.36 bits per heavy atom. The molecule has 114 valence electrons. The van der Waals surface area contributed by atoms with Crippen molar-refractivity contribution in [1.29, 1.82) is 0 Å². The number of nitrogens with one attached hydrogen (secondary N) is 1. The van der Waals surface area contributed by atoms with Gasteiger partial charge in [-0.05, 0) is 0 Å². The van der Waals surface area contributed by atoms with Gasteiger partial charge in [0.05, 0.1) is 0 Å². The van der Waals surface area contributed by atoms with Crippen molar-refractivity contribution in [3.63, 3.8) is 0 Å². The monoisotopic (exact) mass is 362 g/mol. The predicted molar refractivity (Wildman–Crippen MR) is 87.3 cm³/mol. The molecule has 1 aliphatic heterocycles. The number of carbonyl (C=O) groups is 1. The number of ketones is 1. The van der Waals surface area contributed by atoms with Crippen LogP contribution in [0.2, 0.25) is 5.32 Å². The summed E-state index contributed by atoms with van der Waals surface area (Å²) in [6.07, 6.45) is 2.44. The number of carbonyl (C=O) groups excluding carboxylic acids is 1. The third-order valence-electron chi connectivity index (χ3n) is 3.69. The number of allylic oxidation sites excluding steroid dienone is 2. The molecule has 5 nitrogen and oxygen atoms in total. The zero-order valence-electron chi connectivity index (χ0n) is 12.6. The van der Waals surface area contributed by atoms with Crippen LogP contribution < -0.4 is 9.78 Å². The number of hydrogen-bond acceptors (Lipinski definition) is 4. The number of benzene rings is 1. The Morgan fingerprint density at radius 2 is 2.14 bits per heavy atom. The van der Waals surface area contributed by atoms with Crippen molar-refractivity contribution >= 4 is 31.2 Å². The van der Waals surface area contributed by atoms with Crippen molar-refractivity contribution in [2.24, 2.45) is 0 Å². The molecule has 3 rings (SSSR count). The summed E-state index contributed by atoms with van der Waals surface area (Å²) in [7, 11) is 0. The molecule has 2 heterocycles. The molecule has 0 radical (unpaired) electrons. The second kappa shape index (κ2) is 6.46. The van der Waals surface area contributed by atoms with Crippen LogP contribution in [0.5, 0.6) is 0 Å². The van der Waals surface area contributed by atoms with Gasteiger partial charge in [0.15, 0.2) is 0 Å². The SMILES string of the molecule is CC(=O)C1=C(C)Nc2ncnn2C1CC[Se]c1ccccc1. The Morgan fingerprint density at radius 3 is 2.86 bits per heavy atom. The van der Waals surface area contributed by atoms with E-state index in [0.717, 1.165) is 29.0 Å². The van der Waals surface area contributed by atoms with Crippen LogP contribution in [0.15, 0.2) is 47.9 Å². The molecule has 1 atom stereocenters. The van der Waals surface area contributed by atoms with Crippen LogP contribution in [0.3, 0.4) is 0 Å². The van der Waals surface area contributed by atoms with E-state index in [1.807, 2.05) is 17.7 Å². The number of anilines is 1. The van der Waals surface area contributed by atoms with Gasteiger partial charge >= 0.3 is 136 Å². The fourth-order valence-electron chi connectivity index (χ4n) is 2.75. The van der Waals surface area contributed by atoms with Gasteiger partial charge in [-0.3, -0.25) is 0 Å². The molecule has 1 aliphatic rings. The first-order chi connectivity index (χ1) is 10.7. The van der Waals surface area contributed by atoms with Crippen LogP contribution in [0, 0.1) is 0 Å². The molecule has 2 aromatic rings. The van der Waals surface area contributed by atoms with Crippen LogP contribution in [-0.2, 0) is 4.79 Å². The first-order valence-corrected chi connectivity index (χ1v) is 9.29. The third kappa shape index (κ3) is 2.98. The van der Waals surface area contributed by atoms with Gasteiger partial charge in [0.1, 0.15) is 0 Å². The Hall–Kier alpha value is -1.91. The molecule has 0 aliphatic carbocycles. The molecule has 22 heavy (non-hydrogen) atoms. The summed E-state index contributed by atoms with van der Waals surface area (Å²) in [5.74, 6) is 0.822. The predicted octanol–water partition coefficient (Wildman–Crippen LogP) is 1.95. The van der Waals surface area contributed by atoms with Crippen LogP contribution in [0.1, 0.15) is 26.3 Å². The summed E-state index contributed by atoms with van der Waals surface area (Å²) in [6.45, 7) is 3.56. The van der Waals surface area contributed by atoms with Gasteiger partial charge in [0, 0.05) is 0 Å². The molecule has 0 spiro atoms. The van der Waals surface area contributed by atoms with E-state index in [0.29, 0.717) is 15.0 Å². The van der Waals surface area contributed by atoms with Gasteiger partial charge in [0.2, 0.25) is 0 Å². The summed E-state index contributed by atoms with van der Waals surface area (Å²) in [5, 5.41) is 8.52. The van der Waals surface area contributed by atoms with E-state index < -0.39 is 0 Å². The first-order valence-electron chi connectivity index (χ1n) is 7.23. The van der Waals surface area contributed by atoms with Crippen LogP contribution in [0.4, 0.5) is 5.95 Å². The summed E-state index contributed by atoms with van der Waals surface area (Å²) < 4.78 is 3.22. The minimum atomic E-state index is -0.0122. The van der Waals surface area contributed by atoms with Crippen molar-refractivity contribution in [2.75, 3.05) is 5.32 Å². The van der Waals surface area contributed by atoms with Crippen molar-refractivity contribution in [3.05, 3.63) is 47.9 Å². The summed E-state index contributed by atoms with van der Waals surface area (Å²) in [4.78, 5) is 16.2. The molecule has 1 aromatic carbocycles. The molecule has 0 saturated carbocycles. The van der Waals surface area contributed by atoms with Crippen molar-refractivity contribution in [3.8, 4) is 0 Å². The second-order valence-electron chi connectivity index (χ2n) is 5.21. The topological polar surface area (TPSA) is 59.8 Å². The molecule has 6 heteroatoms. The number of nitrogens with zero attached hydrogens (tertiary/aromatic N) is 3. The molecular formula is C16H18N4OSe. The summed E-state index contributed by atoms with van der Waals surface area (Å²) in [5.41, 5.74) is 1.71. The molecular weight excluding hydrogens is 343 g/mol. The number of hydrogen-bond donors (Lipinski definition) is 1. The van der Waals surface area contributed by atoms with Crippen molar-refractivity contribution in [2.45, 2.75) is 31.6 Å². The molecule has 0 bridgehead atoms. The fraction of sp³-hybridized carbons (Fsp3) is 0.312. The van der Waals surface area contributed by atoms with Gasteiger partial charge in [-0.25, -0.2) is 0 Å². The van der Waals surface area contributed by atoms with Gasteiger partial charge in [-0.1, -0.05) is 0 Å². The number of rotatable bonds is 5. The van der Waals surface area contributed by atoms with E-state index in [1.165, 1.54) is 10.8 Å². The molecule has 1 unspecified atom stereocenters. The average molecular weight is 361 g/mol. The fourth-order valence-corrected chi connectivity index (χ4v) is 4.69. The van der Waals surface area contributed by atoms with E-state index in [1.54, 1.807) is 6.92 Å². The normalized spacial score (nSPS) is 17.1. The zero-order chi connectivity index (χ0) is 15.5. The quantitative estimate of drug-likeness (QED) is 0.827. The molecule has 1 aromatic heterocycles.